The molecule has 1 heterocycles. The standard InChI is InChI=1S/C19H19ClN2O3S/c1-14(23)21-19-8-7-17(13-18(19)20)26(24,25)22-11-9-16(10-12-22)15-5-3-2-4-6-15/h2-9,13H,10-12H2,1H3,(H,21,23). The molecule has 5 nitrogen and oxygen atoms in total. The number of hydrogen-bond acceptors (Lipinski definition) is 3. The largest absolute Gasteiger partial charge is 0.325 e. The van der Waals surface area contributed by atoms with Crippen molar-refractivity contribution in [1.82, 2.24) is 4.31 Å². The fourth-order valence-electron chi connectivity index (χ4n) is 2.88. The minimum atomic E-state index is -3.64. The molecule has 136 valence electrons. The first-order valence-electron chi connectivity index (χ1n) is 8.19. The third-order valence-corrected chi connectivity index (χ3v) is 6.38. The van der Waals surface area contributed by atoms with Crippen molar-refractivity contribution in [1.29, 1.82) is 0 Å². The van der Waals surface area contributed by atoms with Crippen LogP contribution in [0.3, 0.4) is 0 Å². The first-order chi connectivity index (χ1) is 12.4. The van der Waals surface area contributed by atoms with Gasteiger partial charge in [0.1, 0.15) is 0 Å². The molecule has 0 fully saturated rings. The van der Waals surface area contributed by atoms with Gasteiger partial charge in [0.25, 0.3) is 0 Å². The van der Waals surface area contributed by atoms with Crippen molar-refractivity contribution in [3.63, 3.8) is 0 Å². The first-order valence-corrected chi connectivity index (χ1v) is 10.0. The van der Waals surface area contributed by atoms with Gasteiger partial charge in [-0.3, -0.25) is 4.79 Å². The second kappa shape index (κ2) is 7.61. The van der Waals surface area contributed by atoms with Crippen LogP contribution in [0.5, 0.6) is 0 Å². The Bertz CT molecular complexity index is 956. The summed E-state index contributed by atoms with van der Waals surface area (Å²) in [6.07, 6.45) is 2.60. The van der Waals surface area contributed by atoms with Crippen molar-refractivity contribution >= 4 is 38.8 Å². The Morgan fingerprint density at radius 3 is 2.46 bits per heavy atom. The van der Waals surface area contributed by atoms with Crippen LogP contribution in [-0.2, 0) is 14.8 Å². The highest BCUT2D eigenvalue weighted by Crippen LogP contribution is 2.29. The summed E-state index contributed by atoms with van der Waals surface area (Å²) >= 11 is 6.11. The molecule has 0 aromatic heterocycles. The lowest BCUT2D eigenvalue weighted by molar-refractivity contribution is -0.114. The Morgan fingerprint density at radius 2 is 1.88 bits per heavy atom. The summed E-state index contributed by atoms with van der Waals surface area (Å²) in [6, 6.07) is 14.3. The van der Waals surface area contributed by atoms with Crippen LogP contribution in [0.2, 0.25) is 5.02 Å². The molecular formula is C19H19ClN2O3S. The lowest BCUT2D eigenvalue weighted by Gasteiger charge is -2.26. The predicted molar refractivity (Wildman–Crippen MR) is 104 cm³/mol. The van der Waals surface area contributed by atoms with E-state index in [-0.39, 0.29) is 15.8 Å². The third kappa shape index (κ3) is 3.98. The number of benzene rings is 2. The number of rotatable bonds is 4. The summed E-state index contributed by atoms with van der Waals surface area (Å²) in [7, 11) is -3.64. The van der Waals surface area contributed by atoms with Crippen LogP contribution in [0.15, 0.2) is 59.5 Å². The molecule has 26 heavy (non-hydrogen) atoms. The number of anilines is 1. The fraction of sp³-hybridized carbons (Fsp3) is 0.211. The van der Waals surface area contributed by atoms with Gasteiger partial charge < -0.3 is 5.32 Å². The summed E-state index contributed by atoms with van der Waals surface area (Å²) in [5.74, 6) is -0.267. The maximum absolute atomic E-state index is 12.9. The Kier molecular flexibility index (Phi) is 5.46. The second-order valence-electron chi connectivity index (χ2n) is 6.03. The smallest absolute Gasteiger partial charge is 0.243 e. The number of sulfonamides is 1. The van der Waals surface area contributed by atoms with Crippen LogP contribution in [-0.4, -0.2) is 31.7 Å². The van der Waals surface area contributed by atoms with E-state index in [4.69, 9.17) is 11.6 Å². The van der Waals surface area contributed by atoms with Crippen LogP contribution in [0, 0.1) is 0 Å². The van der Waals surface area contributed by atoms with Gasteiger partial charge in [-0.2, -0.15) is 4.31 Å². The van der Waals surface area contributed by atoms with Gasteiger partial charge in [-0.25, -0.2) is 8.42 Å². The van der Waals surface area contributed by atoms with E-state index in [2.05, 4.69) is 5.32 Å². The number of halogens is 1. The van der Waals surface area contributed by atoms with E-state index in [1.165, 1.54) is 29.4 Å². The molecule has 0 bridgehead atoms. The molecule has 2 aromatic carbocycles. The number of nitrogens with zero attached hydrogens (tertiary/aromatic N) is 1. The molecular weight excluding hydrogens is 372 g/mol. The maximum atomic E-state index is 12.9. The summed E-state index contributed by atoms with van der Waals surface area (Å²) in [6.45, 7) is 2.09. The molecule has 0 spiro atoms. The van der Waals surface area contributed by atoms with E-state index >= 15 is 0 Å². The van der Waals surface area contributed by atoms with Crippen LogP contribution < -0.4 is 5.32 Å². The predicted octanol–water partition coefficient (Wildman–Crippen LogP) is 3.78. The average molecular weight is 391 g/mol. The highest BCUT2D eigenvalue weighted by Gasteiger charge is 2.27. The molecule has 1 N–H and O–H groups in total. The van der Waals surface area contributed by atoms with E-state index in [1.807, 2.05) is 36.4 Å². The highest BCUT2D eigenvalue weighted by molar-refractivity contribution is 7.89. The lowest BCUT2D eigenvalue weighted by atomic mass is 10.0. The minimum absolute atomic E-state index is 0.119. The van der Waals surface area contributed by atoms with Crippen LogP contribution in [0.25, 0.3) is 5.57 Å². The van der Waals surface area contributed by atoms with Gasteiger partial charge in [0.15, 0.2) is 0 Å². The summed E-state index contributed by atoms with van der Waals surface area (Å²) < 4.78 is 27.2. The molecule has 2 aromatic rings. The summed E-state index contributed by atoms with van der Waals surface area (Å²) in [5, 5.41) is 2.76. The van der Waals surface area contributed by atoms with Gasteiger partial charge in [0.05, 0.1) is 15.6 Å². The zero-order chi connectivity index (χ0) is 18.7. The summed E-state index contributed by atoms with van der Waals surface area (Å²) in [5.41, 5.74) is 2.66. The molecule has 3 rings (SSSR count). The molecule has 1 aliphatic heterocycles. The molecule has 7 heteroatoms. The van der Waals surface area contributed by atoms with Crippen LogP contribution in [0.1, 0.15) is 18.9 Å². The monoisotopic (exact) mass is 390 g/mol. The average Bonchev–Trinajstić information content (AvgIpc) is 2.64. The number of nitrogens with one attached hydrogen (secondary N) is 1. The van der Waals surface area contributed by atoms with Gasteiger partial charge in [0, 0.05) is 20.0 Å². The van der Waals surface area contributed by atoms with Crippen molar-refractivity contribution in [2.45, 2.75) is 18.2 Å². The van der Waals surface area contributed by atoms with Gasteiger partial charge >= 0.3 is 0 Å². The Hall–Kier alpha value is -2.15. The highest BCUT2D eigenvalue weighted by atomic mass is 35.5. The first kappa shape index (κ1) is 18.6. The van der Waals surface area contributed by atoms with Crippen LogP contribution in [0.4, 0.5) is 5.69 Å². The number of amides is 1. The van der Waals surface area contributed by atoms with E-state index in [0.717, 1.165) is 11.1 Å². The Balaban J connectivity index is 1.80. The van der Waals surface area contributed by atoms with Crippen molar-refractivity contribution in [2.75, 3.05) is 18.4 Å². The Labute approximate surface area is 158 Å². The SMILES string of the molecule is CC(=O)Nc1ccc(S(=O)(=O)N2CC=C(c3ccccc3)CC2)cc1Cl. The van der Waals surface area contributed by atoms with Crippen molar-refractivity contribution in [3.8, 4) is 0 Å². The normalized spacial score (nSPS) is 15.4. The van der Waals surface area contributed by atoms with Gasteiger partial charge in [0.2, 0.25) is 15.9 Å². The van der Waals surface area contributed by atoms with Gasteiger partial charge in [-0.1, -0.05) is 48.0 Å². The lowest BCUT2D eigenvalue weighted by Crippen LogP contribution is -2.34. The zero-order valence-electron chi connectivity index (χ0n) is 14.3. The number of hydrogen-bond donors (Lipinski definition) is 1. The Morgan fingerprint density at radius 1 is 1.15 bits per heavy atom. The van der Waals surface area contributed by atoms with Crippen LogP contribution >= 0.6 is 11.6 Å². The van der Waals surface area contributed by atoms with Crippen molar-refractivity contribution in [2.24, 2.45) is 0 Å². The number of carbonyl (C=O) groups excluding carboxylic acids is 1. The fourth-order valence-corrected chi connectivity index (χ4v) is 4.58. The summed E-state index contributed by atoms with van der Waals surface area (Å²) in [4.78, 5) is 11.3. The maximum Gasteiger partial charge on any atom is 0.243 e. The van der Waals surface area contributed by atoms with Gasteiger partial charge in [-0.05, 0) is 35.8 Å². The minimum Gasteiger partial charge on any atom is -0.325 e. The molecule has 1 amide bonds. The van der Waals surface area contributed by atoms with Crippen molar-refractivity contribution in [3.05, 3.63) is 65.2 Å². The molecule has 0 aliphatic carbocycles. The zero-order valence-corrected chi connectivity index (χ0v) is 15.8. The van der Waals surface area contributed by atoms with Gasteiger partial charge in [-0.15, -0.1) is 0 Å². The van der Waals surface area contributed by atoms with E-state index in [0.29, 0.717) is 25.2 Å². The third-order valence-electron chi connectivity index (χ3n) is 4.21. The molecule has 1 aliphatic rings. The molecule has 0 unspecified atom stereocenters. The second-order valence-corrected chi connectivity index (χ2v) is 8.38. The molecule has 0 radical (unpaired) electrons. The van der Waals surface area contributed by atoms with E-state index in [1.54, 1.807) is 0 Å². The number of carbonyl (C=O) groups is 1. The van der Waals surface area contributed by atoms with E-state index < -0.39 is 10.0 Å². The molecule has 0 saturated heterocycles. The van der Waals surface area contributed by atoms with E-state index in [9.17, 15) is 13.2 Å². The molecule has 0 atom stereocenters. The quantitative estimate of drug-likeness (QED) is 0.863. The molecule has 0 saturated carbocycles. The topological polar surface area (TPSA) is 66.5 Å². The van der Waals surface area contributed by atoms with Crippen molar-refractivity contribution < 1.29 is 13.2 Å².